The lowest BCUT2D eigenvalue weighted by molar-refractivity contribution is 0.0361. The summed E-state index contributed by atoms with van der Waals surface area (Å²) in [6.45, 7) is 10.8. The predicted octanol–water partition coefficient (Wildman–Crippen LogP) is 1.50. The monoisotopic (exact) mass is 383 g/mol. The smallest absolute Gasteiger partial charge is 0.320 e. The van der Waals surface area contributed by atoms with E-state index >= 15 is 0 Å². The SMILES string of the molecule is CC(C)(C)NC(=O)Nc1ncnc2c1cnn2CCN1CCOCC1.Cl. The molecule has 1 aliphatic rings. The van der Waals surface area contributed by atoms with Gasteiger partial charge >= 0.3 is 6.03 Å². The third kappa shape index (κ3) is 5.26. The number of ether oxygens (including phenoxy) is 1. The molecule has 1 fully saturated rings. The molecule has 9 nitrogen and oxygen atoms in total. The Bertz CT molecular complexity index is 738. The van der Waals surface area contributed by atoms with E-state index in [1.54, 1.807) is 6.20 Å². The quantitative estimate of drug-likeness (QED) is 0.830. The minimum atomic E-state index is -0.321. The van der Waals surface area contributed by atoms with Gasteiger partial charge < -0.3 is 10.1 Å². The molecular weight excluding hydrogens is 358 g/mol. The van der Waals surface area contributed by atoms with Crippen LogP contribution in [-0.2, 0) is 11.3 Å². The van der Waals surface area contributed by atoms with Crippen molar-refractivity contribution < 1.29 is 9.53 Å². The van der Waals surface area contributed by atoms with Crippen LogP contribution in [0.2, 0.25) is 0 Å². The molecule has 2 amide bonds. The van der Waals surface area contributed by atoms with E-state index in [0.717, 1.165) is 44.8 Å². The number of carbonyl (C=O) groups is 1. The Morgan fingerprint density at radius 1 is 1.23 bits per heavy atom. The van der Waals surface area contributed by atoms with Gasteiger partial charge in [-0.25, -0.2) is 19.4 Å². The first kappa shape index (κ1) is 20.3. The van der Waals surface area contributed by atoms with E-state index in [1.807, 2.05) is 25.5 Å². The maximum atomic E-state index is 12.1. The van der Waals surface area contributed by atoms with E-state index in [0.29, 0.717) is 11.5 Å². The fourth-order valence-corrected chi connectivity index (χ4v) is 2.70. The summed E-state index contributed by atoms with van der Waals surface area (Å²) >= 11 is 0. The van der Waals surface area contributed by atoms with Gasteiger partial charge in [0.25, 0.3) is 0 Å². The number of nitrogens with zero attached hydrogens (tertiary/aromatic N) is 5. The van der Waals surface area contributed by atoms with E-state index < -0.39 is 0 Å². The number of fused-ring (bicyclic) bond motifs is 1. The van der Waals surface area contributed by atoms with Gasteiger partial charge in [-0.1, -0.05) is 0 Å². The highest BCUT2D eigenvalue weighted by Crippen LogP contribution is 2.18. The molecule has 0 atom stereocenters. The molecule has 1 aliphatic heterocycles. The van der Waals surface area contributed by atoms with Gasteiger partial charge in [-0.3, -0.25) is 10.2 Å². The van der Waals surface area contributed by atoms with Gasteiger partial charge in [0.2, 0.25) is 0 Å². The fraction of sp³-hybridized carbons (Fsp3) is 0.625. The van der Waals surface area contributed by atoms with Crippen molar-refractivity contribution in [3.63, 3.8) is 0 Å². The first-order chi connectivity index (χ1) is 11.9. The zero-order chi connectivity index (χ0) is 17.9. The Hall–Kier alpha value is -1.97. The number of hydrogen-bond donors (Lipinski definition) is 2. The molecule has 0 unspecified atom stereocenters. The lowest BCUT2D eigenvalue weighted by Crippen LogP contribution is -2.43. The molecule has 3 rings (SSSR count). The number of amides is 2. The molecule has 2 aromatic heterocycles. The number of anilines is 1. The molecule has 144 valence electrons. The first-order valence-corrected chi connectivity index (χ1v) is 8.48. The summed E-state index contributed by atoms with van der Waals surface area (Å²) in [4.78, 5) is 22.9. The van der Waals surface area contributed by atoms with Crippen LogP contribution in [0.15, 0.2) is 12.5 Å². The summed E-state index contributed by atoms with van der Waals surface area (Å²) in [6.07, 6.45) is 3.14. The van der Waals surface area contributed by atoms with E-state index in [9.17, 15) is 4.79 Å². The average Bonchev–Trinajstić information content (AvgIpc) is 2.96. The number of hydrogen-bond acceptors (Lipinski definition) is 6. The van der Waals surface area contributed by atoms with E-state index in [1.165, 1.54) is 6.33 Å². The van der Waals surface area contributed by atoms with Crippen LogP contribution in [0.4, 0.5) is 10.6 Å². The summed E-state index contributed by atoms with van der Waals surface area (Å²) in [6, 6.07) is -0.298. The van der Waals surface area contributed by atoms with Gasteiger partial charge in [0.05, 0.1) is 31.3 Å². The molecule has 0 radical (unpaired) electrons. The van der Waals surface area contributed by atoms with Crippen LogP contribution in [-0.4, -0.2) is 69.1 Å². The minimum Gasteiger partial charge on any atom is -0.379 e. The normalized spacial score (nSPS) is 15.5. The standard InChI is InChI=1S/C16H25N7O2.ClH/c1-16(2,3)21-15(24)20-13-12-10-19-23(14(12)18-11-17-13)5-4-22-6-8-25-9-7-22;/h10-11H,4-9H2,1-3H3,(H2,17,18,20,21,24);1H. The molecule has 0 bridgehead atoms. The maximum absolute atomic E-state index is 12.1. The van der Waals surface area contributed by atoms with Crippen LogP contribution in [0.25, 0.3) is 11.0 Å². The molecule has 0 saturated carbocycles. The number of halogens is 1. The number of aromatic nitrogens is 4. The second-order valence-electron chi connectivity index (χ2n) is 7.11. The van der Waals surface area contributed by atoms with Crippen LogP contribution in [0.3, 0.4) is 0 Å². The average molecular weight is 384 g/mol. The van der Waals surface area contributed by atoms with Crippen LogP contribution in [0.5, 0.6) is 0 Å². The van der Waals surface area contributed by atoms with Crippen LogP contribution >= 0.6 is 12.4 Å². The number of rotatable bonds is 4. The zero-order valence-corrected chi connectivity index (χ0v) is 16.2. The Balaban J connectivity index is 0.00000243. The third-order valence-corrected chi connectivity index (χ3v) is 3.89. The molecule has 3 heterocycles. The Morgan fingerprint density at radius 3 is 2.65 bits per heavy atom. The number of urea groups is 1. The summed E-state index contributed by atoms with van der Waals surface area (Å²) in [5.74, 6) is 0.462. The van der Waals surface area contributed by atoms with Crippen molar-refractivity contribution in [2.45, 2.75) is 32.9 Å². The van der Waals surface area contributed by atoms with E-state index in [-0.39, 0.29) is 24.0 Å². The Morgan fingerprint density at radius 2 is 1.96 bits per heavy atom. The summed E-state index contributed by atoms with van der Waals surface area (Å²) in [5.41, 5.74) is 0.396. The van der Waals surface area contributed by atoms with E-state index in [2.05, 4.69) is 30.6 Å². The molecule has 10 heteroatoms. The van der Waals surface area contributed by atoms with E-state index in [4.69, 9.17) is 4.74 Å². The lowest BCUT2D eigenvalue weighted by atomic mass is 10.1. The first-order valence-electron chi connectivity index (χ1n) is 8.48. The van der Waals surface area contributed by atoms with Gasteiger partial charge in [0, 0.05) is 25.2 Å². The van der Waals surface area contributed by atoms with Gasteiger partial charge in [-0.2, -0.15) is 5.10 Å². The van der Waals surface area contributed by atoms with Gasteiger partial charge in [-0.15, -0.1) is 12.4 Å². The second kappa shape index (κ2) is 8.61. The molecule has 1 saturated heterocycles. The summed E-state index contributed by atoms with van der Waals surface area (Å²) in [5, 5.41) is 10.8. The van der Waals surface area contributed by atoms with Crippen LogP contribution in [0, 0.1) is 0 Å². The molecule has 26 heavy (non-hydrogen) atoms. The van der Waals surface area contributed by atoms with Crippen molar-refractivity contribution in [1.29, 1.82) is 0 Å². The van der Waals surface area contributed by atoms with Crippen molar-refractivity contribution in [1.82, 2.24) is 30.0 Å². The number of nitrogens with one attached hydrogen (secondary N) is 2. The Labute approximate surface area is 158 Å². The van der Waals surface area contributed by atoms with Crippen molar-refractivity contribution in [3.8, 4) is 0 Å². The highest BCUT2D eigenvalue weighted by Gasteiger charge is 2.17. The Kier molecular flexibility index (Phi) is 6.74. The van der Waals surface area contributed by atoms with Crippen molar-refractivity contribution in [3.05, 3.63) is 12.5 Å². The number of morpholine rings is 1. The van der Waals surface area contributed by atoms with Crippen LogP contribution < -0.4 is 10.6 Å². The third-order valence-electron chi connectivity index (χ3n) is 3.89. The predicted molar refractivity (Wildman–Crippen MR) is 102 cm³/mol. The highest BCUT2D eigenvalue weighted by atomic mass is 35.5. The molecule has 0 spiro atoms. The number of carbonyl (C=O) groups excluding carboxylic acids is 1. The van der Waals surface area contributed by atoms with Gasteiger partial charge in [0.1, 0.15) is 12.1 Å². The maximum Gasteiger partial charge on any atom is 0.320 e. The van der Waals surface area contributed by atoms with Gasteiger partial charge in [-0.05, 0) is 20.8 Å². The highest BCUT2D eigenvalue weighted by molar-refractivity contribution is 5.97. The second-order valence-corrected chi connectivity index (χ2v) is 7.11. The largest absolute Gasteiger partial charge is 0.379 e. The lowest BCUT2D eigenvalue weighted by Gasteiger charge is -2.26. The van der Waals surface area contributed by atoms with Gasteiger partial charge in [0.15, 0.2) is 5.65 Å². The molecular formula is C16H26ClN7O2. The zero-order valence-electron chi connectivity index (χ0n) is 15.4. The topological polar surface area (TPSA) is 97.2 Å². The van der Waals surface area contributed by atoms with Crippen molar-refractivity contribution >= 4 is 35.3 Å². The minimum absolute atomic E-state index is 0. The van der Waals surface area contributed by atoms with Crippen LogP contribution in [0.1, 0.15) is 20.8 Å². The molecule has 0 aromatic carbocycles. The summed E-state index contributed by atoms with van der Waals surface area (Å²) in [7, 11) is 0. The summed E-state index contributed by atoms with van der Waals surface area (Å²) < 4.78 is 7.21. The van der Waals surface area contributed by atoms with Crippen molar-refractivity contribution in [2.75, 3.05) is 38.2 Å². The molecule has 2 aromatic rings. The molecule has 2 N–H and O–H groups in total. The molecule has 0 aliphatic carbocycles. The van der Waals surface area contributed by atoms with Crippen molar-refractivity contribution in [2.24, 2.45) is 0 Å². The fourth-order valence-electron chi connectivity index (χ4n) is 2.70.